The van der Waals surface area contributed by atoms with Crippen molar-refractivity contribution in [2.75, 3.05) is 13.7 Å². The van der Waals surface area contributed by atoms with E-state index in [4.69, 9.17) is 9.47 Å². The number of hydrogen-bond acceptors (Lipinski definition) is 6. The third-order valence-electron chi connectivity index (χ3n) is 3.86. The minimum atomic E-state index is -0.493. The maximum atomic E-state index is 12.2. The van der Waals surface area contributed by atoms with Crippen LogP contribution in [-0.4, -0.2) is 36.2 Å². The van der Waals surface area contributed by atoms with Gasteiger partial charge >= 0.3 is 17.9 Å². The fourth-order valence-corrected chi connectivity index (χ4v) is 2.53. The summed E-state index contributed by atoms with van der Waals surface area (Å²) in [5.74, 6) is -1.06. The maximum absolute atomic E-state index is 12.2. The Morgan fingerprint density at radius 3 is 2.27 bits per heavy atom. The van der Waals surface area contributed by atoms with E-state index in [2.05, 4.69) is 4.74 Å². The van der Waals surface area contributed by atoms with Crippen molar-refractivity contribution >= 4 is 17.9 Å². The average Bonchev–Trinajstić information content (AvgIpc) is 2.90. The van der Waals surface area contributed by atoms with Gasteiger partial charge in [-0.3, -0.25) is 0 Å². The number of rotatable bonds is 6. The van der Waals surface area contributed by atoms with Gasteiger partial charge in [-0.2, -0.15) is 0 Å². The largest absolute Gasteiger partial charge is 0.465 e. The molecule has 0 saturated carbocycles. The Bertz CT molecular complexity index is 819. The number of aromatic nitrogens is 1. The Morgan fingerprint density at radius 1 is 1.04 bits per heavy atom. The summed E-state index contributed by atoms with van der Waals surface area (Å²) in [5, 5.41) is 0. The number of nitrogens with zero attached hydrogens (tertiary/aromatic N) is 1. The van der Waals surface area contributed by atoms with Gasteiger partial charge in [0.1, 0.15) is 12.3 Å². The molecule has 0 spiro atoms. The average molecular weight is 359 g/mol. The van der Waals surface area contributed by atoms with Crippen LogP contribution >= 0.6 is 0 Å². The molecule has 0 bridgehead atoms. The Hall–Kier alpha value is -3.09. The number of carbonyl (C=O) groups excluding carboxylic acids is 3. The lowest BCUT2D eigenvalue weighted by Gasteiger charge is -2.10. The second kappa shape index (κ2) is 8.33. The van der Waals surface area contributed by atoms with E-state index in [1.165, 1.54) is 31.4 Å². The lowest BCUT2D eigenvalue weighted by molar-refractivity contribution is -0.135. The molecule has 1 heterocycles. The molecule has 0 unspecified atom stereocenters. The van der Waals surface area contributed by atoms with Crippen molar-refractivity contribution in [3.05, 3.63) is 52.8 Å². The number of methoxy groups -OCH3 is 1. The molecule has 0 radical (unpaired) electrons. The molecule has 2 rings (SSSR count). The van der Waals surface area contributed by atoms with E-state index < -0.39 is 17.9 Å². The number of benzene rings is 1. The summed E-state index contributed by atoms with van der Waals surface area (Å²) in [6, 6.07) is 7.75. The van der Waals surface area contributed by atoms with Gasteiger partial charge in [-0.1, -0.05) is 0 Å². The van der Waals surface area contributed by atoms with E-state index >= 15 is 0 Å². The highest BCUT2D eigenvalue weighted by molar-refractivity contribution is 5.91. The SMILES string of the molecule is CCOC(=O)c1cc(C)n(CC(=O)Oc2ccc(C(=O)OC)cc2)c1C. The summed E-state index contributed by atoms with van der Waals surface area (Å²) in [5.41, 5.74) is 2.19. The molecule has 1 aromatic heterocycles. The van der Waals surface area contributed by atoms with Crippen LogP contribution in [0, 0.1) is 13.8 Å². The highest BCUT2D eigenvalue weighted by atomic mass is 16.5. The topological polar surface area (TPSA) is 83.8 Å². The van der Waals surface area contributed by atoms with Crippen molar-refractivity contribution in [2.24, 2.45) is 0 Å². The van der Waals surface area contributed by atoms with E-state index in [9.17, 15) is 14.4 Å². The van der Waals surface area contributed by atoms with Crippen molar-refractivity contribution in [3.8, 4) is 5.75 Å². The molecule has 138 valence electrons. The quantitative estimate of drug-likeness (QED) is 0.582. The molecule has 0 saturated heterocycles. The second-order valence-corrected chi connectivity index (χ2v) is 5.58. The van der Waals surface area contributed by atoms with Gasteiger partial charge in [-0.15, -0.1) is 0 Å². The van der Waals surface area contributed by atoms with Gasteiger partial charge in [-0.05, 0) is 51.1 Å². The van der Waals surface area contributed by atoms with Gasteiger partial charge in [0.05, 0.1) is 24.8 Å². The minimum Gasteiger partial charge on any atom is -0.465 e. The summed E-state index contributed by atoms with van der Waals surface area (Å²) in [4.78, 5) is 35.5. The Labute approximate surface area is 151 Å². The first-order valence-corrected chi connectivity index (χ1v) is 8.10. The molecular formula is C19H21NO6. The first kappa shape index (κ1) is 19.2. The first-order valence-electron chi connectivity index (χ1n) is 8.10. The fourth-order valence-electron chi connectivity index (χ4n) is 2.53. The first-order chi connectivity index (χ1) is 12.4. The molecule has 0 N–H and O–H groups in total. The van der Waals surface area contributed by atoms with E-state index in [0.29, 0.717) is 22.6 Å². The molecule has 0 atom stereocenters. The third-order valence-corrected chi connectivity index (χ3v) is 3.86. The molecule has 2 aromatic rings. The smallest absolute Gasteiger partial charge is 0.339 e. The lowest BCUT2D eigenvalue weighted by atomic mass is 10.2. The molecule has 26 heavy (non-hydrogen) atoms. The summed E-state index contributed by atoms with van der Waals surface area (Å²) in [6.45, 7) is 5.52. The van der Waals surface area contributed by atoms with Gasteiger partial charge in [0.2, 0.25) is 0 Å². The van der Waals surface area contributed by atoms with Crippen LogP contribution < -0.4 is 4.74 Å². The summed E-state index contributed by atoms with van der Waals surface area (Å²) >= 11 is 0. The molecule has 7 nitrogen and oxygen atoms in total. The predicted octanol–water partition coefficient (Wildman–Crippen LogP) is 2.67. The van der Waals surface area contributed by atoms with Gasteiger partial charge in [0, 0.05) is 11.4 Å². The highest BCUT2D eigenvalue weighted by Crippen LogP contribution is 2.18. The molecule has 0 aliphatic carbocycles. The molecule has 0 aliphatic heterocycles. The summed E-state index contributed by atoms with van der Waals surface area (Å²) in [6.07, 6.45) is 0. The zero-order valence-corrected chi connectivity index (χ0v) is 15.2. The predicted molar refractivity (Wildman–Crippen MR) is 93.3 cm³/mol. The Morgan fingerprint density at radius 2 is 1.69 bits per heavy atom. The summed E-state index contributed by atoms with van der Waals surface area (Å²) < 4.78 is 16.6. The number of hydrogen-bond donors (Lipinski definition) is 0. The van der Waals surface area contributed by atoms with Crippen LogP contribution in [0.3, 0.4) is 0 Å². The zero-order valence-electron chi connectivity index (χ0n) is 15.2. The van der Waals surface area contributed by atoms with Crippen LogP contribution in [0.1, 0.15) is 39.0 Å². The molecule has 7 heteroatoms. The second-order valence-electron chi connectivity index (χ2n) is 5.58. The minimum absolute atomic E-state index is 0.0458. The van der Waals surface area contributed by atoms with Crippen molar-refractivity contribution in [1.82, 2.24) is 4.57 Å². The molecule has 0 aliphatic rings. The Kier molecular flexibility index (Phi) is 6.16. The summed E-state index contributed by atoms with van der Waals surface area (Å²) in [7, 11) is 1.29. The standard InChI is InChI=1S/C19H21NO6/c1-5-25-19(23)16-10-12(2)20(13(16)3)11-17(21)26-15-8-6-14(7-9-15)18(22)24-4/h6-10H,5,11H2,1-4H3. The van der Waals surface area contributed by atoms with E-state index in [1.807, 2.05) is 0 Å². The van der Waals surface area contributed by atoms with Crippen LogP contribution in [0.15, 0.2) is 30.3 Å². The van der Waals surface area contributed by atoms with Gasteiger partial charge in [0.25, 0.3) is 0 Å². The van der Waals surface area contributed by atoms with E-state index in [-0.39, 0.29) is 13.2 Å². The van der Waals surface area contributed by atoms with Crippen molar-refractivity contribution in [3.63, 3.8) is 0 Å². The van der Waals surface area contributed by atoms with Gasteiger partial charge in [0.15, 0.2) is 0 Å². The van der Waals surface area contributed by atoms with Crippen molar-refractivity contribution in [1.29, 1.82) is 0 Å². The van der Waals surface area contributed by atoms with Gasteiger partial charge < -0.3 is 18.8 Å². The monoisotopic (exact) mass is 359 g/mol. The molecule has 0 amide bonds. The van der Waals surface area contributed by atoms with Crippen molar-refractivity contribution in [2.45, 2.75) is 27.3 Å². The normalized spacial score (nSPS) is 10.3. The van der Waals surface area contributed by atoms with Crippen molar-refractivity contribution < 1.29 is 28.6 Å². The number of ether oxygens (including phenoxy) is 3. The van der Waals surface area contributed by atoms with Crippen LogP contribution in [0.5, 0.6) is 5.75 Å². The number of aryl methyl sites for hydroxylation is 1. The van der Waals surface area contributed by atoms with Gasteiger partial charge in [-0.25, -0.2) is 14.4 Å². The van der Waals surface area contributed by atoms with Crippen LogP contribution in [0.25, 0.3) is 0 Å². The molecular weight excluding hydrogens is 338 g/mol. The van der Waals surface area contributed by atoms with Crippen LogP contribution in [0.4, 0.5) is 0 Å². The van der Waals surface area contributed by atoms with E-state index in [0.717, 1.165) is 5.69 Å². The zero-order chi connectivity index (χ0) is 19.3. The van der Waals surface area contributed by atoms with Crippen LogP contribution in [0.2, 0.25) is 0 Å². The molecule has 1 aromatic carbocycles. The lowest BCUT2D eigenvalue weighted by Crippen LogP contribution is -2.18. The number of carbonyl (C=O) groups is 3. The molecule has 0 fully saturated rings. The number of esters is 3. The van der Waals surface area contributed by atoms with Crippen LogP contribution in [-0.2, 0) is 20.8 Å². The Balaban J connectivity index is 2.08. The maximum Gasteiger partial charge on any atom is 0.339 e. The fraction of sp³-hybridized carbons (Fsp3) is 0.316. The highest BCUT2D eigenvalue weighted by Gasteiger charge is 2.19. The third kappa shape index (κ3) is 4.30. The van der Waals surface area contributed by atoms with E-state index in [1.54, 1.807) is 31.4 Å².